The van der Waals surface area contributed by atoms with Gasteiger partial charge in [0.1, 0.15) is 5.75 Å². The predicted molar refractivity (Wildman–Crippen MR) is 112 cm³/mol. The second kappa shape index (κ2) is 10.7. The number of carboxylic acids is 1. The third-order valence-corrected chi connectivity index (χ3v) is 5.07. The van der Waals surface area contributed by atoms with E-state index >= 15 is 0 Å². The molecular formula is C21H25Cl2NO4. The molecule has 1 aliphatic carbocycles. The summed E-state index contributed by atoms with van der Waals surface area (Å²) >= 11 is 6.00. The average Bonchev–Trinajstić information content (AvgIpc) is 2.85. The Bertz CT molecular complexity index is 800. The summed E-state index contributed by atoms with van der Waals surface area (Å²) in [4.78, 5) is 10.7. The lowest BCUT2D eigenvalue weighted by atomic mass is 10.0. The minimum atomic E-state index is -0.987. The van der Waals surface area contributed by atoms with E-state index in [2.05, 4.69) is 5.32 Å². The van der Waals surface area contributed by atoms with Crippen LogP contribution in [0.15, 0.2) is 42.5 Å². The van der Waals surface area contributed by atoms with Gasteiger partial charge < -0.3 is 20.3 Å². The van der Waals surface area contributed by atoms with Gasteiger partial charge in [0.15, 0.2) is 6.61 Å². The molecule has 0 saturated heterocycles. The number of carbonyl (C=O) groups is 1. The minimum absolute atomic E-state index is 0. The van der Waals surface area contributed by atoms with Crippen LogP contribution in [0.4, 0.5) is 0 Å². The molecule has 0 spiro atoms. The highest BCUT2D eigenvalue weighted by molar-refractivity contribution is 6.30. The number of hydrogen-bond acceptors (Lipinski definition) is 4. The van der Waals surface area contributed by atoms with E-state index in [-0.39, 0.29) is 25.1 Å². The lowest BCUT2D eigenvalue weighted by Gasteiger charge is -2.20. The zero-order chi connectivity index (χ0) is 19.2. The number of carboxylic acid groups (broad SMARTS) is 1. The van der Waals surface area contributed by atoms with Crippen LogP contribution >= 0.6 is 24.0 Å². The molecule has 0 fully saturated rings. The molecule has 7 heteroatoms. The van der Waals surface area contributed by atoms with E-state index in [0.29, 0.717) is 17.3 Å². The van der Waals surface area contributed by atoms with Crippen LogP contribution in [0.25, 0.3) is 0 Å². The van der Waals surface area contributed by atoms with Gasteiger partial charge in [-0.15, -0.1) is 12.4 Å². The molecule has 0 saturated carbocycles. The van der Waals surface area contributed by atoms with Gasteiger partial charge in [-0.2, -0.15) is 0 Å². The van der Waals surface area contributed by atoms with Gasteiger partial charge in [-0.1, -0.05) is 29.8 Å². The number of hydrogen-bond donors (Lipinski definition) is 3. The van der Waals surface area contributed by atoms with Gasteiger partial charge >= 0.3 is 5.97 Å². The van der Waals surface area contributed by atoms with E-state index < -0.39 is 12.1 Å². The molecule has 0 amide bonds. The number of fused-ring (bicyclic) bond motifs is 1. The summed E-state index contributed by atoms with van der Waals surface area (Å²) in [6.45, 7) is 0.113. The molecule has 2 atom stereocenters. The molecule has 2 aromatic rings. The van der Waals surface area contributed by atoms with Crippen LogP contribution in [0, 0.1) is 0 Å². The lowest BCUT2D eigenvalue weighted by molar-refractivity contribution is -0.139. The first-order valence-electron chi connectivity index (χ1n) is 9.14. The Morgan fingerprint density at radius 3 is 2.82 bits per heavy atom. The Balaban J connectivity index is 0.00000280. The Kier molecular flexibility index (Phi) is 8.58. The monoisotopic (exact) mass is 425 g/mol. The molecule has 0 bridgehead atoms. The second-order valence-corrected chi connectivity index (χ2v) is 7.32. The molecule has 2 unspecified atom stereocenters. The first-order valence-corrected chi connectivity index (χ1v) is 9.52. The summed E-state index contributed by atoms with van der Waals surface area (Å²) < 4.78 is 5.30. The summed E-state index contributed by atoms with van der Waals surface area (Å²) in [5.41, 5.74) is 3.25. The van der Waals surface area contributed by atoms with Crippen LogP contribution in [-0.2, 0) is 17.6 Å². The highest BCUT2D eigenvalue weighted by Crippen LogP contribution is 2.26. The molecule has 28 heavy (non-hydrogen) atoms. The fraction of sp³-hybridized carbons (Fsp3) is 0.381. The average molecular weight is 426 g/mol. The van der Waals surface area contributed by atoms with Crippen molar-refractivity contribution >= 4 is 30.0 Å². The molecule has 0 heterocycles. The molecular weight excluding hydrogens is 401 g/mol. The van der Waals surface area contributed by atoms with Crippen molar-refractivity contribution in [1.29, 1.82) is 0 Å². The Hall–Kier alpha value is -1.79. The van der Waals surface area contributed by atoms with Gasteiger partial charge in [-0.3, -0.25) is 0 Å². The fourth-order valence-corrected chi connectivity index (χ4v) is 3.66. The van der Waals surface area contributed by atoms with Crippen LogP contribution in [-0.4, -0.2) is 35.4 Å². The number of halogens is 2. The molecule has 0 aliphatic heterocycles. The van der Waals surface area contributed by atoms with Crippen molar-refractivity contribution < 1.29 is 19.7 Å². The molecule has 0 radical (unpaired) electrons. The molecule has 3 rings (SSSR count). The quantitative estimate of drug-likeness (QED) is 0.587. The topological polar surface area (TPSA) is 78.8 Å². The van der Waals surface area contributed by atoms with Crippen LogP contribution < -0.4 is 10.1 Å². The van der Waals surface area contributed by atoms with Crippen molar-refractivity contribution in [2.45, 2.75) is 37.8 Å². The zero-order valence-corrected chi connectivity index (χ0v) is 17.0. The van der Waals surface area contributed by atoms with Crippen molar-refractivity contribution in [3.05, 3.63) is 64.2 Å². The number of benzene rings is 2. The van der Waals surface area contributed by atoms with Gasteiger partial charge in [0.05, 0.1) is 6.10 Å². The number of rotatable bonds is 7. The standard InChI is InChI=1S/C21H24ClNO4.ClH/c22-17-5-1-4-15(9-17)20(24)12-23-18-6-2-3-14-7-8-19(11-16(14)10-18)27-13-21(25)26;/h1,4-5,7-9,11,18,20,23-24H,2-3,6,10,12-13H2,(H,25,26);1H. The maximum Gasteiger partial charge on any atom is 0.341 e. The van der Waals surface area contributed by atoms with Crippen LogP contribution in [0.1, 0.15) is 35.6 Å². The molecule has 3 N–H and O–H groups in total. The van der Waals surface area contributed by atoms with Crippen molar-refractivity contribution in [3.63, 3.8) is 0 Å². The SMILES string of the molecule is Cl.O=C(O)COc1ccc2c(c1)CC(NCC(O)c1cccc(Cl)c1)CCC2. The van der Waals surface area contributed by atoms with E-state index in [4.69, 9.17) is 21.4 Å². The number of aliphatic hydroxyl groups excluding tert-OH is 1. The third kappa shape index (κ3) is 6.38. The van der Waals surface area contributed by atoms with E-state index in [0.717, 1.165) is 31.2 Å². The molecule has 2 aromatic carbocycles. The number of aliphatic carboxylic acids is 1. The van der Waals surface area contributed by atoms with E-state index in [1.54, 1.807) is 12.1 Å². The Morgan fingerprint density at radius 2 is 2.07 bits per heavy atom. The lowest BCUT2D eigenvalue weighted by Crippen LogP contribution is -2.34. The van der Waals surface area contributed by atoms with Gasteiger partial charge in [-0.05, 0) is 66.6 Å². The smallest absolute Gasteiger partial charge is 0.341 e. The van der Waals surface area contributed by atoms with Gasteiger partial charge in [0.2, 0.25) is 0 Å². The van der Waals surface area contributed by atoms with Gasteiger partial charge in [-0.25, -0.2) is 4.79 Å². The van der Waals surface area contributed by atoms with Crippen molar-refractivity contribution in [1.82, 2.24) is 5.32 Å². The van der Waals surface area contributed by atoms with Crippen molar-refractivity contribution in [2.24, 2.45) is 0 Å². The van der Waals surface area contributed by atoms with Gasteiger partial charge in [0.25, 0.3) is 0 Å². The normalized spacial score (nSPS) is 17.0. The van der Waals surface area contributed by atoms with E-state index in [9.17, 15) is 9.90 Å². The Morgan fingerprint density at radius 1 is 1.25 bits per heavy atom. The number of nitrogens with one attached hydrogen (secondary N) is 1. The summed E-state index contributed by atoms with van der Waals surface area (Å²) in [5, 5.41) is 23.3. The zero-order valence-electron chi connectivity index (χ0n) is 15.4. The maximum atomic E-state index is 10.7. The first kappa shape index (κ1) is 22.5. The largest absolute Gasteiger partial charge is 0.482 e. The summed E-state index contributed by atoms with van der Waals surface area (Å²) in [7, 11) is 0. The van der Waals surface area contributed by atoms with E-state index in [1.165, 1.54) is 11.1 Å². The first-order chi connectivity index (χ1) is 13.0. The summed E-state index contributed by atoms with van der Waals surface area (Å²) in [6.07, 6.45) is 3.28. The second-order valence-electron chi connectivity index (χ2n) is 6.89. The molecule has 5 nitrogen and oxygen atoms in total. The summed E-state index contributed by atoms with van der Waals surface area (Å²) in [6, 6.07) is 13.3. The minimum Gasteiger partial charge on any atom is -0.482 e. The van der Waals surface area contributed by atoms with Crippen LogP contribution in [0.5, 0.6) is 5.75 Å². The van der Waals surface area contributed by atoms with E-state index in [1.807, 2.05) is 30.3 Å². The van der Waals surface area contributed by atoms with Crippen molar-refractivity contribution in [2.75, 3.05) is 13.2 Å². The maximum absolute atomic E-state index is 10.7. The fourth-order valence-electron chi connectivity index (χ4n) is 3.46. The predicted octanol–water partition coefficient (Wildman–Crippen LogP) is 3.80. The van der Waals surface area contributed by atoms with Crippen LogP contribution in [0.2, 0.25) is 5.02 Å². The van der Waals surface area contributed by atoms with Crippen LogP contribution in [0.3, 0.4) is 0 Å². The summed E-state index contributed by atoms with van der Waals surface area (Å²) in [5.74, 6) is -0.407. The molecule has 152 valence electrons. The number of ether oxygens (including phenoxy) is 1. The van der Waals surface area contributed by atoms with Crippen molar-refractivity contribution in [3.8, 4) is 5.75 Å². The highest BCUT2D eigenvalue weighted by atomic mass is 35.5. The van der Waals surface area contributed by atoms with Gasteiger partial charge in [0, 0.05) is 17.6 Å². The number of aryl methyl sites for hydroxylation is 1. The number of aliphatic hydroxyl groups is 1. The molecule has 1 aliphatic rings. The highest BCUT2D eigenvalue weighted by Gasteiger charge is 2.19. The molecule has 0 aromatic heterocycles. The Labute approximate surface area is 176 Å². The third-order valence-electron chi connectivity index (χ3n) is 4.84.